The van der Waals surface area contributed by atoms with E-state index in [1.54, 1.807) is 4.68 Å². The van der Waals surface area contributed by atoms with Gasteiger partial charge in [-0.15, -0.1) is 0 Å². The minimum Gasteiger partial charge on any atom is -0.354 e. The number of hydrogen-bond donors (Lipinski definition) is 1. The van der Waals surface area contributed by atoms with Gasteiger partial charge in [-0.25, -0.2) is 9.97 Å². The molecule has 3 aromatic heterocycles. The van der Waals surface area contributed by atoms with Gasteiger partial charge in [0, 0.05) is 63.1 Å². The van der Waals surface area contributed by atoms with Crippen LogP contribution in [-0.4, -0.2) is 63.8 Å². The number of piperazine rings is 1. The number of carbonyl (C=O) groups is 1. The predicted octanol–water partition coefficient (Wildman–Crippen LogP) is 2.23. The van der Waals surface area contributed by atoms with Crippen molar-refractivity contribution in [3.8, 4) is 0 Å². The van der Waals surface area contributed by atoms with Crippen LogP contribution < -0.4 is 10.2 Å². The molecule has 0 unspecified atom stereocenters. The van der Waals surface area contributed by atoms with Crippen molar-refractivity contribution in [2.75, 3.05) is 38.1 Å². The Bertz CT molecular complexity index is 1130. The predicted molar refractivity (Wildman–Crippen MR) is 120 cm³/mol. The van der Waals surface area contributed by atoms with E-state index in [0.717, 1.165) is 72.8 Å². The molecule has 1 N–H and O–H groups in total. The smallest absolute Gasteiger partial charge is 0.252 e. The van der Waals surface area contributed by atoms with Crippen molar-refractivity contribution in [2.24, 2.45) is 7.05 Å². The van der Waals surface area contributed by atoms with Crippen molar-refractivity contribution < 1.29 is 4.79 Å². The first-order valence-corrected chi connectivity index (χ1v) is 11.0. The fourth-order valence-corrected chi connectivity index (χ4v) is 4.37. The summed E-state index contributed by atoms with van der Waals surface area (Å²) in [7, 11) is 4.03. The Balaban J connectivity index is 1.40. The van der Waals surface area contributed by atoms with Gasteiger partial charge in [-0.3, -0.25) is 9.48 Å². The maximum Gasteiger partial charge on any atom is 0.252 e. The average Bonchev–Trinajstić information content (AvgIpc) is 3.58. The minimum atomic E-state index is -0.0846. The number of pyridine rings is 2. The zero-order valence-corrected chi connectivity index (χ0v) is 18.4. The van der Waals surface area contributed by atoms with Crippen LogP contribution in [0.4, 0.5) is 5.82 Å². The lowest BCUT2D eigenvalue weighted by molar-refractivity contribution is 0.0952. The van der Waals surface area contributed by atoms with Crippen LogP contribution in [0.25, 0.3) is 11.0 Å². The summed E-state index contributed by atoms with van der Waals surface area (Å²) < 4.78 is 1.78. The van der Waals surface area contributed by atoms with Gasteiger partial charge in [-0.1, -0.05) is 6.07 Å². The van der Waals surface area contributed by atoms with Gasteiger partial charge in [0.05, 0.1) is 16.6 Å². The number of carbonyl (C=O) groups excluding carboxylic acids is 1. The highest BCUT2D eigenvalue weighted by Gasteiger charge is 2.28. The van der Waals surface area contributed by atoms with Gasteiger partial charge < -0.3 is 15.1 Å². The number of aryl methyl sites for hydroxylation is 2. The third-order valence-electron chi connectivity index (χ3n) is 6.34. The number of nitrogens with zero attached hydrogens (tertiary/aromatic N) is 6. The topological polar surface area (TPSA) is 79.2 Å². The standard InChI is InChI=1S/C23H29N7O/c1-15-20-18(13-19(16-6-7-16)26-22(20)29(3)27-15)23(31)25-14-17-5-4-8-24-21(17)30-11-9-28(2)10-12-30/h4-5,8,13,16H,6-7,9-12,14H2,1-3H3,(H,25,31). The molecule has 162 valence electrons. The Labute approximate surface area is 182 Å². The van der Waals surface area contributed by atoms with Crippen LogP contribution in [0.3, 0.4) is 0 Å². The monoisotopic (exact) mass is 419 g/mol. The first-order chi connectivity index (χ1) is 15.0. The molecule has 1 amide bonds. The number of anilines is 1. The lowest BCUT2D eigenvalue weighted by atomic mass is 10.1. The fraction of sp³-hybridized carbons (Fsp3) is 0.478. The highest BCUT2D eigenvalue weighted by Crippen LogP contribution is 2.40. The molecule has 0 aromatic carbocycles. The molecule has 8 nitrogen and oxygen atoms in total. The number of rotatable bonds is 5. The largest absolute Gasteiger partial charge is 0.354 e. The third-order valence-corrected chi connectivity index (χ3v) is 6.34. The number of amides is 1. The summed E-state index contributed by atoms with van der Waals surface area (Å²) in [5.41, 5.74) is 4.32. The van der Waals surface area contributed by atoms with Gasteiger partial charge in [-0.05, 0) is 38.9 Å². The fourth-order valence-electron chi connectivity index (χ4n) is 4.37. The van der Waals surface area contributed by atoms with Crippen LogP contribution >= 0.6 is 0 Å². The zero-order chi connectivity index (χ0) is 21.5. The Kier molecular flexibility index (Phi) is 5.09. The summed E-state index contributed by atoms with van der Waals surface area (Å²) >= 11 is 0. The maximum absolute atomic E-state index is 13.3. The number of fused-ring (bicyclic) bond motifs is 1. The van der Waals surface area contributed by atoms with Crippen molar-refractivity contribution in [1.82, 2.24) is 30.0 Å². The molecule has 31 heavy (non-hydrogen) atoms. The summed E-state index contributed by atoms with van der Waals surface area (Å²) in [6.07, 6.45) is 4.10. The molecule has 8 heteroatoms. The minimum absolute atomic E-state index is 0.0846. The quantitative estimate of drug-likeness (QED) is 0.683. The van der Waals surface area contributed by atoms with Crippen molar-refractivity contribution >= 4 is 22.8 Å². The lowest BCUT2D eigenvalue weighted by Gasteiger charge is -2.34. The van der Waals surface area contributed by atoms with E-state index in [9.17, 15) is 4.79 Å². The molecule has 1 saturated carbocycles. The molecule has 5 rings (SSSR count). The molecular weight excluding hydrogens is 390 g/mol. The molecule has 4 heterocycles. The Hall–Kier alpha value is -3.00. The van der Waals surface area contributed by atoms with E-state index < -0.39 is 0 Å². The molecular formula is C23H29N7O. The van der Waals surface area contributed by atoms with E-state index in [1.165, 1.54) is 0 Å². The van der Waals surface area contributed by atoms with E-state index in [1.807, 2.05) is 38.4 Å². The van der Waals surface area contributed by atoms with Crippen LogP contribution in [0.1, 0.15) is 46.1 Å². The second-order valence-electron chi connectivity index (χ2n) is 8.74. The number of nitrogens with one attached hydrogen (secondary N) is 1. The number of hydrogen-bond acceptors (Lipinski definition) is 6. The molecule has 0 bridgehead atoms. The van der Waals surface area contributed by atoms with Crippen molar-refractivity contribution in [1.29, 1.82) is 0 Å². The highest BCUT2D eigenvalue weighted by atomic mass is 16.1. The lowest BCUT2D eigenvalue weighted by Crippen LogP contribution is -2.45. The second kappa shape index (κ2) is 7.92. The molecule has 0 spiro atoms. The van der Waals surface area contributed by atoms with Gasteiger partial charge >= 0.3 is 0 Å². The van der Waals surface area contributed by atoms with Crippen LogP contribution in [-0.2, 0) is 13.6 Å². The summed E-state index contributed by atoms with van der Waals surface area (Å²) in [6, 6.07) is 5.95. The summed E-state index contributed by atoms with van der Waals surface area (Å²) in [5.74, 6) is 1.35. The van der Waals surface area contributed by atoms with Crippen LogP contribution in [0.15, 0.2) is 24.4 Å². The van der Waals surface area contributed by atoms with E-state index in [4.69, 9.17) is 4.98 Å². The zero-order valence-electron chi connectivity index (χ0n) is 18.4. The third kappa shape index (κ3) is 3.87. The Morgan fingerprint density at radius 1 is 1.19 bits per heavy atom. The van der Waals surface area contributed by atoms with Crippen LogP contribution in [0.2, 0.25) is 0 Å². The molecule has 1 aliphatic carbocycles. The molecule has 0 radical (unpaired) electrons. The summed E-state index contributed by atoms with van der Waals surface area (Å²) in [4.78, 5) is 27.4. The van der Waals surface area contributed by atoms with E-state index in [2.05, 4.69) is 32.2 Å². The maximum atomic E-state index is 13.3. The first-order valence-electron chi connectivity index (χ1n) is 11.0. The second-order valence-corrected chi connectivity index (χ2v) is 8.74. The highest BCUT2D eigenvalue weighted by molar-refractivity contribution is 6.06. The van der Waals surface area contributed by atoms with E-state index in [-0.39, 0.29) is 5.91 Å². The van der Waals surface area contributed by atoms with Crippen molar-refractivity contribution in [3.05, 3.63) is 46.9 Å². The summed E-state index contributed by atoms with van der Waals surface area (Å²) in [6.45, 7) is 6.29. The van der Waals surface area contributed by atoms with Gasteiger partial charge in [0.2, 0.25) is 0 Å². The van der Waals surface area contributed by atoms with Gasteiger partial charge in [0.25, 0.3) is 5.91 Å². The molecule has 1 saturated heterocycles. The molecule has 2 fully saturated rings. The Morgan fingerprint density at radius 2 is 1.97 bits per heavy atom. The summed E-state index contributed by atoms with van der Waals surface area (Å²) in [5, 5.41) is 8.49. The molecule has 2 aliphatic rings. The first kappa shape index (κ1) is 19.9. The Morgan fingerprint density at radius 3 is 2.71 bits per heavy atom. The average molecular weight is 420 g/mol. The normalized spacial score (nSPS) is 17.3. The van der Waals surface area contributed by atoms with Gasteiger partial charge in [0.1, 0.15) is 5.82 Å². The molecule has 3 aromatic rings. The van der Waals surface area contributed by atoms with Crippen molar-refractivity contribution in [2.45, 2.75) is 32.2 Å². The molecule has 1 aliphatic heterocycles. The van der Waals surface area contributed by atoms with E-state index >= 15 is 0 Å². The van der Waals surface area contributed by atoms with Crippen molar-refractivity contribution in [3.63, 3.8) is 0 Å². The van der Waals surface area contributed by atoms with Crippen LogP contribution in [0.5, 0.6) is 0 Å². The number of aromatic nitrogens is 4. The van der Waals surface area contributed by atoms with E-state index in [0.29, 0.717) is 18.0 Å². The number of likely N-dealkylation sites (N-methyl/N-ethyl adjacent to an activating group) is 1. The molecule has 0 atom stereocenters. The van der Waals surface area contributed by atoms with Gasteiger partial charge in [0.15, 0.2) is 5.65 Å². The van der Waals surface area contributed by atoms with Crippen LogP contribution in [0, 0.1) is 6.92 Å². The van der Waals surface area contributed by atoms with Gasteiger partial charge in [-0.2, -0.15) is 5.10 Å². The SMILES string of the molecule is Cc1nn(C)c2nc(C3CC3)cc(C(=O)NCc3cccnc3N3CCN(C)CC3)c12.